The monoisotopic (exact) mass is 391 g/mol. The van der Waals surface area contributed by atoms with Crippen LogP contribution in [0.1, 0.15) is 48.2 Å². The molecule has 2 aromatic rings. The maximum atomic E-state index is 12.9. The Balaban J connectivity index is 1.84. The van der Waals surface area contributed by atoms with E-state index in [9.17, 15) is 13.2 Å². The van der Waals surface area contributed by atoms with E-state index in [1.54, 1.807) is 29.9 Å². The van der Waals surface area contributed by atoms with Crippen molar-refractivity contribution in [2.45, 2.75) is 57.5 Å². The molecule has 1 aliphatic rings. The molecule has 8 heteroatoms. The predicted molar refractivity (Wildman–Crippen MR) is 101 cm³/mol. The first kappa shape index (κ1) is 19.6. The smallest absolute Gasteiger partial charge is 0.327 e. The number of benzene rings is 1. The summed E-state index contributed by atoms with van der Waals surface area (Å²) < 4.78 is 35.2. The van der Waals surface area contributed by atoms with Crippen LogP contribution < -0.4 is 4.72 Å². The number of hydrogen-bond donors (Lipinski definition) is 1. The number of esters is 1. The highest BCUT2D eigenvalue weighted by Gasteiger charge is 2.29. The van der Waals surface area contributed by atoms with E-state index in [1.807, 2.05) is 19.9 Å². The lowest BCUT2D eigenvalue weighted by atomic mass is 9.94. The Hall–Kier alpha value is -2.19. The van der Waals surface area contributed by atoms with Gasteiger partial charge in [-0.05, 0) is 63.3 Å². The van der Waals surface area contributed by atoms with Gasteiger partial charge >= 0.3 is 5.97 Å². The molecule has 0 saturated heterocycles. The fraction of sp³-hybridized carbons (Fsp3) is 0.474. The number of aryl methyl sites for hydroxylation is 2. The minimum Gasteiger partial charge on any atom is -0.465 e. The number of hydrogen-bond acceptors (Lipinski definition) is 5. The van der Waals surface area contributed by atoms with Gasteiger partial charge in [-0.2, -0.15) is 5.10 Å². The zero-order valence-corrected chi connectivity index (χ0v) is 16.7. The van der Waals surface area contributed by atoms with Crippen molar-refractivity contribution in [3.63, 3.8) is 0 Å². The first-order valence-electron chi connectivity index (χ1n) is 9.11. The largest absolute Gasteiger partial charge is 0.465 e. The molecule has 1 atom stereocenters. The molecular formula is C19H25N3O4S. The van der Waals surface area contributed by atoms with Crippen LogP contribution >= 0.6 is 0 Å². The van der Waals surface area contributed by atoms with Crippen LogP contribution in [0.5, 0.6) is 0 Å². The summed E-state index contributed by atoms with van der Waals surface area (Å²) in [6.07, 6.45) is 3.93. The van der Waals surface area contributed by atoms with E-state index in [1.165, 1.54) is 0 Å². The van der Waals surface area contributed by atoms with Crippen LogP contribution in [0.3, 0.4) is 0 Å². The lowest BCUT2D eigenvalue weighted by molar-refractivity contribution is -0.144. The van der Waals surface area contributed by atoms with Crippen LogP contribution in [-0.2, 0) is 32.5 Å². The summed E-state index contributed by atoms with van der Waals surface area (Å²) in [6, 6.07) is 4.93. The average molecular weight is 391 g/mol. The van der Waals surface area contributed by atoms with Crippen LogP contribution in [0, 0.1) is 13.8 Å². The molecule has 1 N–H and O–H groups in total. The van der Waals surface area contributed by atoms with Gasteiger partial charge in [-0.1, -0.05) is 6.07 Å². The van der Waals surface area contributed by atoms with Gasteiger partial charge in [-0.3, -0.25) is 9.48 Å². The molecule has 1 aromatic carbocycles. The number of nitrogens with zero attached hydrogens (tertiary/aromatic N) is 2. The second-order valence-electron chi connectivity index (χ2n) is 6.90. The van der Waals surface area contributed by atoms with Gasteiger partial charge in [0.15, 0.2) is 0 Å². The van der Waals surface area contributed by atoms with E-state index in [0.717, 1.165) is 35.2 Å². The van der Waals surface area contributed by atoms with Crippen molar-refractivity contribution < 1.29 is 17.9 Å². The fourth-order valence-electron chi connectivity index (χ4n) is 3.55. The molecule has 1 aromatic heterocycles. The molecule has 146 valence electrons. The molecule has 0 radical (unpaired) electrons. The Bertz CT molecular complexity index is 930. The molecule has 7 nitrogen and oxygen atoms in total. The van der Waals surface area contributed by atoms with Crippen LogP contribution in [-0.4, -0.2) is 30.8 Å². The van der Waals surface area contributed by atoms with E-state index in [2.05, 4.69) is 9.82 Å². The number of aromatic nitrogens is 2. The van der Waals surface area contributed by atoms with Gasteiger partial charge in [-0.25, -0.2) is 13.1 Å². The van der Waals surface area contributed by atoms with E-state index < -0.39 is 10.0 Å². The zero-order valence-electron chi connectivity index (χ0n) is 15.9. The summed E-state index contributed by atoms with van der Waals surface area (Å²) in [7, 11) is -3.65. The molecule has 1 unspecified atom stereocenters. The Morgan fingerprint density at radius 3 is 2.67 bits per heavy atom. The molecule has 1 aliphatic carbocycles. The second-order valence-corrected chi connectivity index (χ2v) is 8.61. The van der Waals surface area contributed by atoms with E-state index in [0.29, 0.717) is 13.0 Å². The van der Waals surface area contributed by atoms with Crippen molar-refractivity contribution in [3.05, 3.63) is 46.8 Å². The molecule has 0 bridgehead atoms. The SMILES string of the molecule is CCOC(=O)Cn1ncc2c1CCCC2NS(=O)(=O)c1cc(C)cc(C)c1. The van der Waals surface area contributed by atoms with E-state index in [-0.39, 0.29) is 23.5 Å². The zero-order chi connectivity index (χ0) is 19.6. The quantitative estimate of drug-likeness (QED) is 0.764. The number of fused-ring (bicyclic) bond motifs is 1. The van der Waals surface area contributed by atoms with Gasteiger partial charge in [0.05, 0.1) is 23.7 Å². The Morgan fingerprint density at radius 1 is 1.30 bits per heavy atom. The molecule has 0 saturated carbocycles. The molecule has 3 rings (SSSR count). The molecule has 1 heterocycles. The Morgan fingerprint density at radius 2 is 2.00 bits per heavy atom. The maximum Gasteiger partial charge on any atom is 0.327 e. The van der Waals surface area contributed by atoms with Gasteiger partial charge < -0.3 is 4.74 Å². The third-order valence-electron chi connectivity index (χ3n) is 4.65. The van der Waals surface area contributed by atoms with Gasteiger partial charge in [0.25, 0.3) is 0 Å². The lowest BCUT2D eigenvalue weighted by Crippen LogP contribution is -2.31. The summed E-state index contributed by atoms with van der Waals surface area (Å²) in [5.41, 5.74) is 3.53. The topological polar surface area (TPSA) is 90.3 Å². The summed E-state index contributed by atoms with van der Waals surface area (Å²) >= 11 is 0. The molecule has 0 fully saturated rings. The summed E-state index contributed by atoms with van der Waals surface area (Å²) in [6.45, 7) is 5.88. The number of carbonyl (C=O) groups is 1. The molecular weight excluding hydrogens is 366 g/mol. The van der Waals surface area contributed by atoms with Crippen LogP contribution in [0.2, 0.25) is 0 Å². The number of carbonyl (C=O) groups excluding carboxylic acids is 1. The first-order chi connectivity index (χ1) is 12.8. The van der Waals surface area contributed by atoms with Crippen LogP contribution in [0.25, 0.3) is 0 Å². The van der Waals surface area contributed by atoms with Crippen molar-refractivity contribution in [2.24, 2.45) is 0 Å². The highest BCUT2D eigenvalue weighted by molar-refractivity contribution is 7.89. The van der Waals surface area contributed by atoms with Crippen molar-refractivity contribution in [1.82, 2.24) is 14.5 Å². The third-order valence-corrected chi connectivity index (χ3v) is 6.10. The van der Waals surface area contributed by atoms with E-state index >= 15 is 0 Å². The van der Waals surface area contributed by atoms with Gasteiger partial charge in [0.2, 0.25) is 10.0 Å². The molecule has 0 spiro atoms. The van der Waals surface area contributed by atoms with Crippen LogP contribution in [0.4, 0.5) is 0 Å². The summed E-state index contributed by atoms with van der Waals surface area (Å²) in [5.74, 6) is -0.346. The summed E-state index contributed by atoms with van der Waals surface area (Å²) in [4.78, 5) is 12.0. The van der Waals surface area contributed by atoms with Gasteiger partial charge in [0, 0.05) is 11.3 Å². The number of rotatable bonds is 6. The predicted octanol–water partition coefficient (Wildman–Crippen LogP) is 2.42. The minimum absolute atomic E-state index is 0.0414. The van der Waals surface area contributed by atoms with Crippen molar-refractivity contribution in [1.29, 1.82) is 0 Å². The number of ether oxygens (including phenoxy) is 1. The first-order valence-corrected chi connectivity index (χ1v) is 10.6. The second kappa shape index (κ2) is 7.82. The van der Waals surface area contributed by atoms with Gasteiger partial charge in [-0.15, -0.1) is 0 Å². The molecule has 0 aliphatic heterocycles. The number of nitrogens with one attached hydrogen (secondary N) is 1. The van der Waals surface area contributed by atoms with Crippen molar-refractivity contribution in [3.8, 4) is 0 Å². The Kier molecular flexibility index (Phi) is 5.67. The van der Waals surface area contributed by atoms with E-state index in [4.69, 9.17) is 4.74 Å². The molecule has 0 amide bonds. The number of sulfonamides is 1. The highest BCUT2D eigenvalue weighted by Crippen LogP contribution is 2.31. The Labute approximate surface area is 159 Å². The lowest BCUT2D eigenvalue weighted by Gasteiger charge is -2.24. The average Bonchev–Trinajstić information content (AvgIpc) is 2.98. The summed E-state index contributed by atoms with van der Waals surface area (Å²) in [5, 5.41) is 4.28. The molecule has 27 heavy (non-hydrogen) atoms. The minimum atomic E-state index is -3.65. The van der Waals surface area contributed by atoms with Crippen molar-refractivity contribution in [2.75, 3.05) is 6.61 Å². The van der Waals surface area contributed by atoms with Crippen LogP contribution in [0.15, 0.2) is 29.3 Å². The maximum absolute atomic E-state index is 12.9. The third kappa shape index (κ3) is 4.39. The highest BCUT2D eigenvalue weighted by atomic mass is 32.2. The fourth-order valence-corrected chi connectivity index (χ4v) is 4.99. The van der Waals surface area contributed by atoms with Crippen molar-refractivity contribution >= 4 is 16.0 Å². The standard InChI is InChI=1S/C19H25N3O4S/c1-4-26-19(23)12-22-18-7-5-6-17(16(18)11-20-22)21-27(24,25)15-9-13(2)8-14(3)10-15/h8-11,17,21H,4-7,12H2,1-3H3. The normalized spacial score (nSPS) is 16.8. The van der Waals surface area contributed by atoms with Gasteiger partial charge in [0.1, 0.15) is 6.54 Å².